The van der Waals surface area contributed by atoms with Crippen LogP contribution in [0.3, 0.4) is 0 Å². The summed E-state index contributed by atoms with van der Waals surface area (Å²) in [5, 5.41) is 5.13. The van der Waals surface area contributed by atoms with Crippen molar-refractivity contribution in [2.24, 2.45) is 0 Å². The number of thiazole rings is 1. The first kappa shape index (κ1) is 19.5. The summed E-state index contributed by atoms with van der Waals surface area (Å²) in [7, 11) is 1.65. The van der Waals surface area contributed by atoms with Crippen molar-refractivity contribution < 1.29 is 9.53 Å². The molecule has 0 aliphatic carbocycles. The van der Waals surface area contributed by atoms with Gasteiger partial charge in [0, 0.05) is 21.6 Å². The Balaban J connectivity index is 1.75. The summed E-state index contributed by atoms with van der Waals surface area (Å²) < 4.78 is 5.45. The highest BCUT2D eigenvalue weighted by molar-refractivity contribution is 7.98. The largest absolute Gasteiger partial charge is 0.496 e. The zero-order chi connectivity index (χ0) is 19.2. The van der Waals surface area contributed by atoms with E-state index >= 15 is 0 Å². The zero-order valence-electron chi connectivity index (χ0n) is 15.6. The van der Waals surface area contributed by atoms with Crippen LogP contribution in [0, 0.1) is 6.92 Å². The van der Waals surface area contributed by atoms with Gasteiger partial charge in [0.1, 0.15) is 5.75 Å². The number of ether oxygens (including phenoxy) is 1. The van der Waals surface area contributed by atoms with Crippen molar-refractivity contribution in [3.05, 3.63) is 75.7 Å². The Morgan fingerprint density at radius 1 is 1.30 bits per heavy atom. The molecule has 4 nitrogen and oxygen atoms in total. The fourth-order valence-electron chi connectivity index (χ4n) is 2.78. The van der Waals surface area contributed by atoms with E-state index in [-0.39, 0.29) is 11.9 Å². The lowest BCUT2D eigenvalue weighted by Gasteiger charge is -2.19. The number of amides is 1. The summed E-state index contributed by atoms with van der Waals surface area (Å²) >= 11 is 3.21. The molecule has 3 aromatic rings. The number of carbonyl (C=O) groups excluding carboxylic acids is 1. The predicted molar refractivity (Wildman–Crippen MR) is 112 cm³/mol. The van der Waals surface area contributed by atoms with Crippen LogP contribution >= 0.6 is 23.1 Å². The molecule has 0 aliphatic heterocycles. The third kappa shape index (κ3) is 4.90. The van der Waals surface area contributed by atoms with Crippen molar-refractivity contribution in [3.63, 3.8) is 0 Å². The van der Waals surface area contributed by atoms with Gasteiger partial charge in [-0.2, -0.15) is 0 Å². The fourth-order valence-corrected chi connectivity index (χ4v) is 4.40. The summed E-state index contributed by atoms with van der Waals surface area (Å²) in [6, 6.07) is 13.5. The van der Waals surface area contributed by atoms with Gasteiger partial charge in [0.05, 0.1) is 29.9 Å². The molecule has 1 atom stereocenters. The van der Waals surface area contributed by atoms with Gasteiger partial charge < -0.3 is 10.1 Å². The fraction of sp³-hybridized carbons (Fsp3) is 0.238. The van der Waals surface area contributed by atoms with Gasteiger partial charge in [0.25, 0.3) is 5.91 Å². The lowest BCUT2D eigenvalue weighted by atomic mass is 10.0. The summed E-state index contributed by atoms with van der Waals surface area (Å²) in [6.07, 6.45) is 0. The molecule has 140 valence electrons. The number of carbonyl (C=O) groups is 1. The highest BCUT2D eigenvalue weighted by Gasteiger charge is 2.17. The second kappa shape index (κ2) is 9.06. The van der Waals surface area contributed by atoms with E-state index in [2.05, 4.69) is 10.3 Å². The van der Waals surface area contributed by atoms with Crippen molar-refractivity contribution in [2.75, 3.05) is 7.11 Å². The SMILES string of the molecule is COc1ccc(C)cc1C(C)NC(=O)c1ccccc1SCc1cscn1. The third-order valence-corrected chi connectivity index (χ3v) is 5.93. The summed E-state index contributed by atoms with van der Waals surface area (Å²) in [5.41, 5.74) is 5.63. The molecule has 1 unspecified atom stereocenters. The molecule has 0 radical (unpaired) electrons. The van der Waals surface area contributed by atoms with Gasteiger partial charge in [0.15, 0.2) is 0 Å². The normalized spacial score (nSPS) is 11.8. The highest BCUT2D eigenvalue weighted by Crippen LogP contribution is 2.29. The van der Waals surface area contributed by atoms with Crippen LogP contribution in [0.25, 0.3) is 0 Å². The van der Waals surface area contributed by atoms with Gasteiger partial charge in [-0.1, -0.05) is 29.8 Å². The molecule has 1 heterocycles. The van der Waals surface area contributed by atoms with Crippen molar-refractivity contribution in [1.82, 2.24) is 10.3 Å². The molecule has 0 aliphatic rings. The summed E-state index contributed by atoms with van der Waals surface area (Å²) in [6.45, 7) is 4.00. The first-order chi connectivity index (χ1) is 13.1. The summed E-state index contributed by atoms with van der Waals surface area (Å²) in [5.74, 6) is 1.43. The smallest absolute Gasteiger partial charge is 0.252 e. The van der Waals surface area contributed by atoms with Crippen molar-refractivity contribution in [3.8, 4) is 5.75 Å². The zero-order valence-corrected chi connectivity index (χ0v) is 17.2. The molecule has 0 bridgehead atoms. The number of hydrogen-bond acceptors (Lipinski definition) is 5. The first-order valence-electron chi connectivity index (χ1n) is 8.62. The first-order valence-corrected chi connectivity index (χ1v) is 10.6. The Bertz CT molecular complexity index is 910. The molecule has 1 amide bonds. The number of benzene rings is 2. The molecule has 2 aromatic carbocycles. The number of nitrogens with zero attached hydrogens (tertiary/aromatic N) is 1. The van der Waals surface area contributed by atoms with Crippen LogP contribution in [0.1, 0.15) is 40.1 Å². The number of thioether (sulfide) groups is 1. The Morgan fingerprint density at radius 3 is 2.85 bits per heavy atom. The van der Waals surface area contributed by atoms with E-state index in [0.717, 1.165) is 33.2 Å². The second-order valence-electron chi connectivity index (χ2n) is 6.21. The van der Waals surface area contributed by atoms with E-state index in [4.69, 9.17) is 4.74 Å². The molecule has 3 rings (SSSR count). The molecule has 0 saturated carbocycles. The van der Waals surface area contributed by atoms with Crippen molar-refractivity contribution in [2.45, 2.75) is 30.5 Å². The molecular formula is C21H22N2O2S2. The molecule has 27 heavy (non-hydrogen) atoms. The standard InChI is InChI=1S/C21H22N2O2S2/c1-14-8-9-19(25-3)18(10-14)15(2)23-21(24)17-6-4-5-7-20(17)27-12-16-11-26-13-22-16/h4-11,13,15H,12H2,1-3H3,(H,23,24). The van der Waals surface area contributed by atoms with Crippen LogP contribution in [-0.4, -0.2) is 18.0 Å². The lowest BCUT2D eigenvalue weighted by Crippen LogP contribution is -2.27. The van der Waals surface area contributed by atoms with E-state index in [1.54, 1.807) is 30.2 Å². The number of methoxy groups -OCH3 is 1. The topological polar surface area (TPSA) is 51.2 Å². The number of nitrogens with one attached hydrogen (secondary N) is 1. The molecule has 1 aromatic heterocycles. The summed E-state index contributed by atoms with van der Waals surface area (Å²) in [4.78, 5) is 18.2. The molecule has 1 N–H and O–H groups in total. The number of aryl methyl sites for hydroxylation is 1. The van der Waals surface area contributed by atoms with E-state index < -0.39 is 0 Å². The van der Waals surface area contributed by atoms with Crippen LogP contribution < -0.4 is 10.1 Å². The number of hydrogen-bond donors (Lipinski definition) is 1. The molecule has 0 spiro atoms. The maximum Gasteiger partial charge on any atom is 0.252 e. The van der Waals surface area contributed by atoms with E-state index in [9.17, 15) is 4.79 Å². The van der Waals surface area contributed by atoms with Crippen molar-refractivity contribution >= 4 is 29.0 Å². The average molecular weight is 399 g/mol. The Hall–Kier alpha value is -2.31. The van der Waals surface area contributed by atoms with Crippen molar-refractivity contribution in [1.29, 1.82) is 0 Å². The van der Waals surface area contributed by atoms with Gasteiger partial charge in [-0.25, -0.2) is 4.98 Å². The number of aromatic nitrogens is 1. The van der Waals surface area contributed by atoms with E-state index in [0.29, 0.717) is 5.56 Å². The van der Waals surface area contributed by atoms with Crippen LogP contribution in [0.2, 0.25) is 0 Å². The molecule has 0 fully saturated rings. The average Bonchev–Trinajstić information content (AvgIpc) is 3.20. The molecule has 0 saturated heterocycles. The third-order valence-electron chi connectivity index (χ3n) is 4.19. The minimum atomic E-state index is -0.163. The van der Waals surface area contributed by atoms with E-state index in [1.807, 2.05) is 67.2 Å². The maximum atomic E-state index is 12.9. The van der Waals surface area contributed by atoms with Crippen LogP contribution in [0.15, 0.2) is 58.3 Å². The molecule has 6 heteroatoms. The minimum absolute atomic E-state index is 0.0903. The van der Waals surface area contributed by atoms with Gasteiger partial charge in [-0.15, -0.1) is 23.1 Å². The van der Waals surface area contributed by atoms with Gasteiger partial charge >= 0.3 is 0 Å². The van der Waals surface area contributed by atoms with Crippen LogP contribution in [0.4, 0.5) is 0 Å². The van der Waals surface area contributed by atoms with Crippen LogP contribution in [0.5, 0.6) is 5.75 Å². The van der Waals surface area contributed by atoms with Crippen LogP contribution in [-0.2, 0) is 5.75 Å². The lowest BCUT2D eigenvalue weighted by molar-refractivity contribution is 0.0936. The quantitative estimate of drug-likeness (QED) is 0.553. The highest BCUT2D eigenvalue weighted by atomic mass is 32.2. The Morgan fingerprint density at radius 2 is 2.11 bits per heavy atom. The Kier molecular flexibility index (Phi) is 6.53. The Labute approximate surface area is 168 Å². The monoisotopic (exact) mass is 398 g/mol. The molecular weight excluding hydrogens is 376 g/mol. The predicted octanol–water partition coefficient (Wildman–Crippen LogP) is 5.24. The van der Waals surface area contributed by atoms with Gasteiger partial charge in [-0.05, 0) is 32.0 Å². The van der Waals surface area contributed by atoms with E-state index in [1.165, 1.54) is 0 Å². The maximum absolute atomic E-state index is 12.9. The number of rotatable bonds is 7. The second-order valence-corrected chi connectivity index (χ2v) is 7.94. The van der Waals surface area contributed by atoms with Gasteiger partial charge in [0.2, 0.25) is 0 Å². The van der Waals surface area contributed by atoms with Gasteiger partial charge in [-0.3, -0.25) is 4.79 Å². The minimum Gasteiger partial charge on any atom is -0.496 e.